The summed E-state index contributed by atoms with van der Waals surface area (Å²) in [4.78, 5) is 14.7. The Balaban J connectivity index is 2.99. The predicted molar refractivity (Wildman–Crippen MR) is 60.0 cm³/mol. The molecule has 80 valence electrons. The maximum absolute atomic E-state index is 10.9. The van der Waals surface area contributed by atoms with E-state index in [2.05, 4.69) is 4.99 Å². The molecule has 0 radical (unpaired) electrons. The van der Waals surface area contributed by atoms with Gasteiger partial charge in [-0.05, 0) is 26.0 Å². The molecule has 1 aromatic carbocycles. The molecule has 0 aliphatic heterocycles. The zero-order chi connectivity index (χ0) is 11.3. The minimum absolute atomic E-state index is 0.251. The number of aryl methyl sites for hydroxylation is 1. The minimum atomic E-state index is -0.251. The van der Waals surface area contributed by atoms with Gasteiger partial charge < -0.3 is 4.74 Å². The molecular weight excluding hydrogens is 190 g/mol. The van der Waals surface area contributed by atoms with E-state index in [4.69, 9.17) is 4.74 Å². The van der Waals surface area contributed by atoms with Crippen molar-refractivity contribution in [2.75, 3.05) is 6.61 Å². The van der Waals surface area contributed by atoms with Crippen LogP contribution < -0.4 is 0 Å². The van der Waals surface area contributed by atoms with Crippen molar-refractivity contribution in [1.29, 1.82) is 0 Å². The molecule has 0 aliphatic carbocycles. The topological polar surface area (TPSA) is 38.7 Å². The second kappa shape index (κ2) is 5.29. The van der Waals surface area contributed by atoms with Crippen LogP contribution in [0.1, 0.15) is 25.0 Å². The summed E-state index contributed by atoms with van der Waals surface area (Å²) < 4.78 is 5.31. The lowest BCUT2D eigenvalue weighted by Crippen LogP contribution is -2.08. The number of hydrogen-bond acceptors (Lipinski definition) is 2. The highest BCUT2D eigenvalue weighted by Gasteiger charge is 2.04. The van der Waals surface area contributed by atoms with E-state index in [0.29, 0.717) is 12.5 Å². The van der Waals surface area contributed by atoms with Crippen molar-refractivity contribution in [1.82, 2.24) is 0 Å². The summed E-state index contributed by atoms with van der Waals surface area (Å²) in [6, 6.07) is 7.72. The summed E-state index contributed by atoms with van der Waals surface area (Å²) in [5.41, 5.74) is 2.00. The van der Waals surface area contributed by atoms with E-state index in [9.17, 15) is 4.79 Å². The number of carbonyl (C=O) groups is 1. The Kier molecular flexibility index (Phi) is 4.03. The molecule has 0 spiro atoms. The Hall–Kier alpha value is -1.64. The van der Waals surface area contributed by atoms with Gasteiger partial charge in [-0.1, -0.05) is 17.7 Å². The number of amides is 1. The van der Waals surface area contributed by atoms with Crippen molar-refractivity contribution < 1.29 is 9.53 Å². The van der Waals surface area contributed by atoms with E-state index in [0.717, 1.165) is 11.1 Å². The number of hydrogen-bond donors (Lipinski definition) is 0. The van der Waals surface area contributed by atoms with E-state index in [1.807, 2.05) is 38.1 Å². The van der Waals surface area contributed by atoms with Gasteiger partial charge in [0.2, 0.25) is 11.8 Å². The molecule has 0 saturated carbocycles. The fourth-order valence-corrected chi connectivity index (χ4v) is 1.16. The molecule has 0 atom stereocenters. The van der Waals surface area contributed by atoms with Crippen LogP contribution in [0.3, 0.4) is 0 Å². The van der Waals surface area contributed by atoms with Crippen LogP contribution in [0.2, 0.25) is 0 Å². The maximum Gasteiger partial charge on any atom is 0.245 e. The SMILES string of the molecule is CCOC(=NC(C)=O)c1ccc(C)cc1. The summed E-state index contributed by atoms with van der Waals surface area (Å²) in [5, 5.41) is 0. The van der Waals surface area contributed by atoms with Gasteiger partial charge in [0.25, 0.3) is 0 Å². The highest BCUT2D eigenvalue weighted by molar-refractivity contribution is 6.00. The zero-order valence-electron chi connectivity index (χ0n) is 9.28. The largest absolute Gasteiger partial charge is 0.477 e. The van der Waals surface area contributed by atoms with Crippen LogP contribution in [-0.4, -0.2) is 18.4 Å². The molecule has 0 aliphatic rings. The van der Waals surface area contributed by atoms with E-state index in [1.165, 1.54) is 6.92 Å². The summed E-state index contributed by atoms with van der Waals surface area (Å²) in [7, 11) is 0. The van der Waals surface area contributed by atoms with Gasteiger partial charge in [0.15, 0.2) is 0 Å². The predicted octanol–water partition coefficient (Wildman–Crippen LogP) is 2.32. The van der Waals surface area contributed by atoms with Crippen LogP contribution in [0.5, 0.6) is 0 Å². The lowest BCUT2D eigenvalue weighted by molar-refractivity contribution is -0.115. The molecule has 15 heavy (non-hydrogen) atoms. The van der Waals surface area contributed by atoms with E-state index in [-0.39, 0.29) is 5.91 Å². The van der Waals surface area contributed by atoms with Crippen LogP contribution in [0, 0.1) is 6.92 Å². The number of ether oxygens (including phenoxy) is 1. The van der Waals surface area contributed by atoms with Gasteiger partial charge in [-0.2, -0.15) is 4.99 Å². The molecule has 0 aromatic heterocycles. The Bertz CT molecular complexity index is 366. The van der Waals surface area contributed by atoms with Crippen LogP contribution in [0.15, 0.2) is 29.3 Å². The molecular formula is C12H15NO2. The van der Waals surface area contributed by atoms with Gasteiger partial charge in [-0.15, -0.1) is 0 Å². The smallest absolute Gasteiger partial charge is 0.245 e. The molecule has 1 rings (SSSR count). The molecule has 0 unspecified atom stereocenters. The van der Waals surface area contributed by atoms with Gasteiger partial charge in [-0.25, -0.2) is 0 Å². The first-order chi connectivity index (χ1) is 7.13. The van der Waals surface area contributed by atoms with Crippen molar-refractivity contribution in [3.05, 3.63) is 35.4 Å². The number of carbonyl (C=O) groups excluding carboxylic acids is 1. The van der Waals surface area contributed by atoms with Gasteiger partial charge in [0, 0.05) is 12.5 Å². The number of benzene rings is 1. The summed E-state index contributed by atoms with van der Waals surface area (Å²) >= 11 is 0. The van der Waals surface area contributed by atoms with E-state index >= 15 is 0 Å². The average molecular weight is 205 g/mol. The van der Waals surface area contributed by atoms with Crippen LogP contribution >= 0.6 is 0 Å². The molecule has 0 saturated heterocycles. The highest BCUT2D eigenvalue weighted by atomic mass is 16.5. The number of rotatable bonds is 2. The first kappa shape index (κ1) is 11.4. The van der Waals surface area contributed by atoms with Crippen molar-refractivity contribution in [3.63, 3.8) is 0 Å². The Morgan fingerprint density at radius 2 is 1.93 bits per heavy atom. The van der Waals surface area contributed by atoms with Gasteiger partial charge in [-0.3, -0.25) is 4.79 Å². The van der Waals surface area contributed by atoms with Crippen molar-refractivity contribution >= 4 is 11.8 Å². The molecule has 0 fully saturated rings. The van der Waals surface area contributed by atoms with Gasteiger partial charge >= 0.3 is 0 Å². The van der Waals surface area contributed by atoms with Crippen LogP contribution in [0.4, 0.5) is 0 Å². The third-order valence-corrected chi connectivity index (χ3v) is 1.84. The second-order valence-electron chi connectivity index (χ2n) is 3.24. The maximum atomic E-state index is 10.9. The first-order valence-corrected chi connectivity index (χ1v) is 4.92. The Morgan fingerprint density at radius 1 is 1.33 bits per heavy atom. The van der Waals surface area contributed by atoms with Gasteiger partial charge in [0.1, 0.15) is 0 Å². The zero-order valence-corrected chi connectivity index (χ0v) is 9.28. The third-order valence-electron chi connectivity index (χ3n) is 1.84. The molecule has 1 amide bonds. The van der Waals surface area contributed by atoms with Crippen molar-refractivity contribution in [2.24, 2.45) is 4.99 Å². The van der Waals surface area contributed by atoms with Crippen LogP contribution in [0.25, 0.3) is 0 Å². The van der Waals surface area contributed by atoms with E-state index in [1.54, 1.807) is 0 Å². The lowest BCUT2D eigenvalue weighted by atomic mass is 10.1. The lowest BCUT2D eigenvalue weighted by Gasteiger charge is -2.06. The molecule has 0 bridgehead atoms. The third kappa shape index (κ3) is 3.54. The van der Waals surface area contributed by atoms with Crippen LogP contribution in [-0.2, 0) is 9.53 Å². The molecule has 0 N–H and O–H groups in total. The first-order valence-electron chi connectivity index (χ1n) is 4.92. The average Bonchev–Trinajstić information content (AvgIpc) is 2.17. The standard InChI is InChI=1S/C12H15NO2/c1-4-15-12(13-10(3)14)11-7-5-9(2)6-8-11/h5-8H,4H2,1-3H3. The molecule has 3 heteroatoms. The Morgan fingerprint density at radius 3 is 2.40 bits per heavy atom. The summed E-state index contributed by atoms with van der Waals surface area (Å²) in [5.74, 6) is 0.143. The normalized spacial score (nSPS) is 11.3. The van der Waals surface area contributed by atoms with Crippen molar-refractivity contribution in [3.8, 4) is 0 Å². The van der Waals surface area contributed by atoms with Crippen molar-refractivity contribution in [2.45, 2.75) is 20.8 Å². The minimum Gasteiger partial charge on any atom is -0.477 e. The van der Waals surface area contributed by atoms with E-state index < -0.39 is 0 Å². The fourth-order valence-electron chi connectivity index (χ4n) is 1.16. The molecule has 3 nitrogen and oxygen atoms in total. The monoisotopic (exact) mass is 205 g/mol. The summed E-state index contributed by atoms with van der Waals surface area (Å²) in [6.45, 7) is 5.78. The second-order valence-corrected chi connectivity index (χ2v) is 3.24. The molecule has 1 aromatic rings. The van der Waals surface area contributed by atoms with Gasteiger partial charge in [0.05, 0.1) is 6.61 Å². The summed E-state index contributed by atoms with van der Waals surface area (Å²) in [6.07, 6.45) is 0. The highest BCUT2D eigenvalue weighted by Crippen LogP contribution is 2.06. The molecule has 0 heterocycles. The number of nitrogens with zero attached hydrogens (tertiary/aromatic N) is 1. The fraction of sp³-hybridized carbons (Fsp3) is 0.333. The number of aliphatic imine (C=N–C) groups is 1. The quantitative estimate of drug-likeness (QED) is 0.549. The Labute approximate surface area is 89.8 Å².